The van der Waals surface area contributed by atoms with Crippen molar-refractivity contribution in [2.75, 3.05) is 13.1 Å². The number of pyridine rings is 1. The number of rotatable bonds is 1. The Kier molecular flexibility index (Phi) is 3.35. The Bertz CT molecular complexity index is 663. The van der Waals surface area contributed by atoms with Crippen LogP contribution >= 0.6 is 0 Å². The highest BCUT2D eigenvalue weighted by Crippen LogP contribution is 2.26. The van der Waals surface area contributed by atoms with Crippen LogP contribution < -0.4 is 10.6 Å². The van der Waals surface area contributed by atoms with Gasteiger partial charge in [0.05, 0.1) is 11.3 Å². The molecule has 0 aromatic carbocycles. The van der Waals surface area contributed by atoms with Gasteiger partial charge in [0.25, 0.3) is 11.8 Å². The number of urea groups is 1. The number of aryl methyl sites for hydroxylation is 2. The second-order valence-corrected chi connectivity index (χ2v) is 5.87. The van der Waals surface area contributed by atoms with Gasteiger partial charge >= 0.3 is 6.03 Å². The quantitative estimate of drug-likeness (QED) is 0.740. The lowest BCUT2D eigenvalue weighted by atomic mass is 9.87. The molecule has 1 spiro atoms. The summed E-state index contributed by atoms with van der Waals surface area (Å²) >= 11 is 0. The second-order valence-electron chi connectivity index (χ2n) is 5.87. The molecule has 2 N–H and O–H groups in total. The molecule has 0 atom stereocenters. The van der Waals surface area contributed by atoms with Gasteiger partial charge in [0.1, 0.15) is 5.54 Å². The Hall–Kier alpha value is -2.44. The van der Waals surface area contributed by atoms with E-state index in [-0.39, 0.29) is 11.8 Å². The van der Waals surface area contributed by atoms with Crippen molar-refractivity contribution < 1.29 is 14.4 Å². The zero-order chi connectivity index (χ0) is 15.9. The van der Waals surface area contributed by atoms with Gasteiger partial charge in [-0.05, 0) is 38.8 Å². The van der Waals surface area contributed by atoms with E-state index in [2.05, 4.69) is 15.6 Å². The van der Waals surface area contributed by atoms with E-state index >= 15 is 0 Å². The third-order valence-electron chi connectivity index (χ3n) is 4.37. The number of piperidine rings is 1. The average Bonchev–Trinajstić information content (AvgIpc) is 2.73. The number of imide groups is 1. The monoisotopic (exact) mass is 302 g/mol. The highest BCUT2D eigenvalue weighted by Gasteiger charge is 2.48. The summed E-state index contributed by atoms with van der Waals surface area (Å²) in [6.07, 6.45) is 0.850. The molecule has 0 aliphatic carbocycles. The van der Waals surface area contributed by atoms with E-state index in [1.54, 1.807) is 11.0 Å². The van der Waals surface area contributed by atoms with Crippen molar-refractivity contribution in [2.24, 2.45) is 0 Å². The fourth-order valence-electron chi connectivity index (χ4n) is 3.05. The minimum atomic E-state index is -0.853. The lowest BCUT2D eigenvalue weighted by Crippen LogP contribution is -2.55. The highest BCUT2D eigenvalue weighted by molar-refractivity contribution is 6.07. The Morgan fingerprint density at radius 1 is 1.23 bits per heavy atom. The summed E-state index contributed by atoms with van der Waals surface area (Å²) in [6.45, 7) is 4.56. The number of nitrogens with one attached hydrogen (secondary N) is 2. The zero-order valence-electron chi connectivity index (χ0n) is 12.6. The van der Waals surface area contributed by atoms with E-state index in [4.69, 9.17) is 0 Å². The van der Waals surface area contributed by atoms with Crippen LogP contribution in [0.5, 0.6) is 0 Å². The summed E-state index contributed by atoms with van der Waals surface area (Å²) in [7, 11) is 0. The van der Waals surface area contributed by atoms with E-state index in [1.807, 2.05) is 19.9 Å². The van der Waals surface area contributed by atoms with E-state index in [0.717, 1.165) is 5.69 Å². The minimum absolute atomic E-state index is 0.0791. The molecule has 116 valence electrons. The molecule has 0 saturated carbocycles. The van der Waals surface area contributed by atoms with Crippen molar-refractivity contribution in [3.05, 3.63) is 29.1 Å². The van der Waals surface area contributed by atoms with Crippen LogP contribution in [0.3, 0.4) is 0 Å². The number of carbonyl (C=O) groups excluding carboxylic acids is 3. The molecule has 1 aromatic rings. The normalized spacial score (nSPS) is 20.0. The molecule has 7 nitrogen and oxygen atoms in total. The Balaban J connectivity index is 1.72. The average molecular weight is 302 g/mol. The number of carbonyl (C=O) groups is 3. The number of aromatic nitrogens is 1. The van der Waals surface area contributed by atoms with Crippen molar-refractivity contribution >= 4 is 17.8 Å². The topological polar surface area (TPSA) is 91.4 Å². The van der Waals surface area contributed by atoms with Gasteiger partial charge in [0.2, 0.25) is 0 Å². The Labute approximate surface area is 128 Å². The molecule has 1 aromatic heterocycles. The van der Waals surface area contributed by atoms with E-state index in [9.17, 15) is 14.4 Å². The number of amides is 4. The number of hydrogen-bond acceptors (Lipinski definition) is 4. The summed E-state index contributed by atoms with van der Waals surface area (Å²) < 4.78 is 0. The molecule has 7 heteroatoms. The predicted molar refractivity (Wildman–Crippen MR) is 78.3 cm³/mol. The van der Waals surface area contributed by atoms with Crippen molar-refractivity contribution in [1.82, 2.24) is 20.5 Å². The largest absolute Gasteiger partial charge is 0.338 e. The molecule has 2 aliphatic heterocycles. The van der Waals surface area contributed by atoms with Crippen LogP contribution in [0.1, 0.15) is 34.6 Å². The maximum absolute atomic E-state index is 12.6. The molecule has 0 unspecified atom stereocenters. The molecule has 2 saturated heterocycles. The highest BCUT2D eigenvalue weighted by atomic mass is 16.2. The van der Waals surface area contributed by atoms with Crippen LogP contribution in [0.25, 0.3) is 0 Å². The molecule has 0 radical (unpaired) electrons. The smallest absolute Gasteiger partial charge is 0.322 e. The number of hydrogen-bond donors (Lipinski definition) is 2. The summed E-state index contributed by atoms with van der Waals surface area (Å²) in [5.41, 5.74) is 1.31. The van der Waals surface area contributed by atoms with Crippen molar-refractivity contribution in [3.63, 3.8) is 0 Å². The van der Waals surface area contributed by atoms with Gasteiger partial charge in [0, 0.05) is 18.8 Å². The van der Waals surface area contributed by atoms with Gasteiger partial charge in [-0.25, -0.2) is 4.79 Å². The van der Waals surface area contributed by atoms with Gasteiger partial charge in [-0.15, -0.1) is 0 Å². The third kappa shape index (κ3) is 2.32. The van der Waals surface area contributed by atoms with E-state index < -0.39 is 11.6 Å². The van der Waals surface area contributed by atoms with Gasteiger partial charge in [0.15, 0.2) is 0 Å². The number of likely N-dealkylation sites (tertiary alicyclic amines) is 1. The van der Waals surface area contributed by atoms with Crippen molar-refractivity contribution in [2.45, 2.75) is 32.2 Å². The lowest BCUT2D eigenvalue weighted by molar-refractivity contribution is -0.125. The van der Waals surface area contributed by atoms with Gasteiger partial charge in [-0.2, -0.15) is 0 Å². The van der Waals surface area contributed by atoms with Crippen LogP contribution in [-0.4, -0.2) is 46.4 Å². The van der Waals surface area contributed by atoms with Gasteiger partial charge in [-0.3, -0.25) is 19.9 Å². The maximum atomic E-state index is 12.6. The van der Waals surface area contributed by atoms with E-state index in [1.165, 1.54) is 0 Å². The SMILES string of the molecule is Cc1ccc(C(=O)N2CCC3(CC2)NC(=O)NC3=O)c(C)n1. The standard InChI is InChI=1S/C15H18N4O3/c1-9-3-4-11(10(2)16-9)12(20)19-7-5-15(6-8-19)13(21)17-14(22)18-15/h3-4H,5-8H2,1-2H3,(H2,17,18,21,22). The molecular formula is C15H18N4O3. The molecule has 3 rings (SSSR count). The van der Waals surface area contributed by atoms with Crippen LogP contribution in [0, 0.1) is 13.8 Å². The predicted octanol–water partition coefficient (Wildman–Crippen LogP) is 0.513. The zero-order valence-corrected chi connectivity index (χ0v) is 12.6. The molecule has 2 fully saturated rings. The van der Waals surface area contributed by atoms with Crippen LogP contribution in [0.15, 0.2) is 12.1 Å². The molecule has 4 amide bonds. The third-order valence-corrected chi connectivity index (χ3v) is 4.37. The molecule has 0 bridgehead atoms. The van der Waals surface area contributed by atoms with Crippen LogP contribution in [0.2, 0.25) is 0 Å². The summed E-state index contributed by atoms with van der Waals surface area (Å²) in [6, 6.07) is 3.15. The number of nitrogens with zero attached hydrogens (tertiary/aromatic N) is 2. The van der Waals surface area contributed by atoms with Crippen molar-refractivity contribution in [1.29, 1.82) is 0 Å². The Morgan fingerprint density at radius 3 is 2.45 bits per heavy atom. The van der Waals surface area contributed by atoms with Crippen LogP contribution in [0.4, 0.5) is 4.79 Å². The molecule has 2 aliphatic rings. The Morgan fingerprint density at radius 2 is 1.91 bits per heavy atom. The molecule has 22 heavy (non-hydrogen) atoms. The van der Waals surface area contributed by atoms with Crippen LogP contribution in [-0.2, 0) is 4.79 Å². The minimum Gasteiger partial charge on any atom is -0.338 e. The fourth-order valence-corrected chi connectivity index (χ4v) is 3.05. The van der Waals surface area contributed by atoms with Gasteiger partial charge in [-0.1, -0.05) is 0 Å². The van der Waals surface area contributed by atoms with Gasteiger partial charge < -0.3 is 10.2 Å². The summed E-state index contributed by atoms with van der Waals surface area (Å²) in [5, 5.41) is 4.95. The summed E-state index contributed by atoms with van der Waals surface area (Å²) in [4.78, 5) is 41.8. The first-order valence-electron chi connectivity index (χ1n) is 7.28. The molecule has 3 heterocycles. The maximum Gasteiger partial charge on any atom is 0.322 e. The first-order chi connectivity index (χ1) is 10.4. The molecular weight excluding hydrogens is 284 g/mol. The van der Waals surface area contributed by atoms with E-state index in [0.29, 0.717) is 37.2 Å². The first kappa shape index (κ1) is 14.5. The first-order valence-corrected chi connectivity index (χ1v) is 7.28. The fraction of sp³-hybridized carbons (Fsp3) is 0.467. The van der Waals surface area contributed by atoms with Crippen molar-refractivity contribution in [3.8, 4) is 0 Å². The second kappa shape index (κ2) is 5.08. The summed E-state index contributed by atoms with van der Waals surface area (Å²) in [5.74, 6) is -0.373. The lowest BCUT2D eigenvalue weighted by Gasteiger charge is -2.37.